The molecular formula is C9H9N3OS. The van der Waals surface area contributed by atoms with Crippen molar-refractivity contribution in [2.24, 2.45) is 0 Å². The summed E-state index contributed by atoms with van der Waals surface area (Å²) in [5.41, 5.74) is 9.01. The highest BCUT2D eigenvalue weighted by atomic mass is 32.1. The summed E-state index contributed by atoms with van der Waals surface area (Å²) in [5, 5.41) is 8.03. The van der Waals surface area contributed by atoms with E-state index < -0.39 is 0 Å². The Hall–Kier alpha value is -1.62. The molecule has 1 heterocycles. The van der Waals surface area contributed by atoms with Gasteiger partial charge in [-0.3, -0.25) is 0 Å². The smallest absolute Gasteiger partial charge is 0.294 e. The van der Waals surface area contributed by atoms with Crippen molar-refractivity contribution < 1.29 is 4.74 Å². The summed E-state index contributed by atoms with van der Waals surface area (Å²) >= 11 is 1.38. The number of anilines is 1. The van der Waals surface area contributed by atoms with Gasteiger partial charge in [-0.1, -0.05) is 23.5 Å². The van der Waals surface area contributed by atoms with Crippen molar-refractivity contribution in [1.82, 2.24) is 10.2 Å². The molecule has 1 aromatic carbocycles. The fraction of sp³-hybridized carbons (Fsp3) is 0.111. The number of nitrogens with zero attached hydrogens (tertiary/aromatic N) is 2. The molecule has 4 nitrogen and oxygen atoms in total. The van der Waals surface area contributed by atoms with Crippen LogP contribution in [0.3, 0.4) is 0 Å². The second-order valence-corrected chi connectivity index (χ2v) is 3.53. The van der Waals surface area contributed by atoms with Crippen molar-refractivity contribution in [2.75, 3.05) is 5.73 Å². The minimum absolute atomic E-state index is 0.496. The molecule has 2 rings (SSSR count). The first-order chi connectivity index (χ1) is 6.84. The first-order valence-electron chi connectivity index (χ1n) is 4.08. The fourth-order valence-electron chi connectivity index (χ4n) is 0.985. The number of benzene rings is 1. The second-order valence-electron chi connectivity index (χ2n) is 2.73. The number of nitrogen functional groups attached to an aromatic ring is 1. The lowest BCUT2D eigenvalue weighted by Gasteiger charge is -2.01. The first-order valence-corrected chi connectivity index (χ1v) is 4.96. The van der Waals surface area contributed by atoms with E-state index in [1.54, 1.807) is 5.51 Å². The number of hydrogen-bond acceptors (Lipinski definition) is 5. The van der Waals surface area contributed by atoms with Gasteiger partial charge in [0.2, 0.25) is 0 Å². The van der Waals surface area contributed by atoms with Gasteiger partial charge in [0.15, 0.2) is 0 Å². The lowest BCUT2D eigenvalue weighted by Crippen LogP contribution is -1.95. The summed E-state index contributed by atoms with van der Waals surface area (Å²) in [6, 6.07) is 7.55. The SMILES string of the molecule is Nc1ccc(COc2nncs2)cc1. The molecule has 72 valence electrons. The number of aromatic nitrogens is 2. The molecule has 0 unspecified atom stereocenters. The number of nitrogens with two attached hydrogens (primary N) is 1. The largest absolute Gasteiger partial charge is 0.464 e. The Morgan fingerprint density at radius 3 is 2.71 bits per heavy atom. The van der Waals surface area contributed by atoms with Crippen LogP contribution >= 0.6 is 11.3 Å². The standard InChI is InChI=1S/C9H9N3OS/c10-8-3-1-7(2-4-8)5-13-9-12-11-6-14-9/h1-4,6H,5,10H2. The van der Waals surface area contributed by atoms with Gasteiger partial charge in [0, 0.05) is 5.69 Å². The zero-order valence-corrected chi connectivity index (χ0v) is 8.20. The Balaban J connectivity index is 1.95. The van der Waals surface area contributed by atoms with Gasteiger partial charge in [0.1, 0.15) is 12.1 Å². The van der Waals surface area contributed by atoms with E-state index in [4.69, 9.17) is 10.5 Å². The van der Waals surface area contributed by atoms with E-state index in [1.807, 2.05) is 24.3 Å². The Morgan fingerprint density at radius 1 is 1.29 bits per heavy atom. The van der Waals surface area contributed by atoms with E-state index >= 15 is 0 Å². The second kappa shape index (κ2) is 4.06. The van der Waals surface area contributed by atoms with E-state index in [0.717, 1.165) is 11.3 Å². The van der Waals surface area contributed by atoms with Crippen LogP contribution in [0.15, 0.2) is 29.8 Å². The molecule has 0 radical (unpaired) electrons. The maximum atomic E-state index is 5.56. The molecule has 2 aromatic rings. The Kier molecular flexibility index (Phi) is 2.60. The molecule has 2 N–H and O–H groups in total. The van der Waals surface area contributed by atoms with Gasteiger partial charge in [0.05, 0.1) is 0 Å². The average molecular weight is 207 g/mol. The van der Waals surface area contributed by atoms with Crippen molar-refractivity contribution in [2.45, 2.75) is 6.61 Å². The van der Waals surface area contributed by atoms with Gasteiger partial charge in [-0.05, 0) is 17.7 Å². The molecule has 5 heteroatoms. The molecule has 0 aliphatic carbocycles. The summed E-state index contributed by atoms with van der Waals surface area (Å²) in [6.07, 6.45) is 0. The summed E-state index contributed by atoms with van der Waals surface area (Å²) < 4.78 is 5.38. The minimum atomic E-state index is 0.496. The maximum Gasteiger partial charge on any atom is 0.294 e. The van der Waals surface area contributed by atoms with Crippen LogP contribution in [0.5, 0.6) is 5.19 Å². The van der Waals surface area contributed by atoms with E-state index in [9.17, 15) is 0 Å². The van der Waals surface area contributed by atoms with E-state index in [-0.39, 0.29) is 0 Å². The third-order valence-corrected chi connectivity index (χ3v) is 2.28. The zero-order valence-electron chi connectivity index (χ0n) is 7.38. The summed E-state index contributed by atoms with van der Waals surface area (Å²) in [5.74, 6) is 0. The summed E-state index contributed by atoms with van der Waals surface area (Å²) in [7, 11) is 0. The van der Waals surface area contributed by atoms with Crippen LogP contribution < -0.4 is 10.5 Å². The van der Waals surface area contributed by atoms with Crippen molar-refractivity contribution in [3.05, 3.63) is 35.3 Å². The van der Waals surface area contributed by atoms with Crippen LogP contribution in [0.2, 0.25) is 0 Å². The Morgan fingerprint density at radius 2 is 2.07 bits per heavy atom. The molecule has 0 aliphatic rings. The molecular weight excluding hydrogens is 198 g/mol. The normalized spacial score (nSPS) is 10.0. The van der Waals surface area contributed by atoms with Gasteiger partial charge in [0.25, 0.3) is 5.19 Å². The zero-order chi connectivity index (χ0) is 9.80. The number of ether oxygens (including phenoxy) is 1. The van der Waals surface area contributed by atoms with Crippen LogP contribution in [0.4, 0.5) is 5.69 Å². The predicted octanol–water partition coefficient (Wildman–Crippen LogP) is 1.70. The highest BCUT2D eigenvalue weighted by molar-refractivity contribution is 7.11. The quantitative estimate of drug-likeness (QED) is 0.778. The number of hydrogen-bond donors (Lipinski definition) is 1. The molecule has 1 aromatic heterocycles. The summed E-state index contributed by atoms with van der Waals surface area (Å²) in [4.78, 5) is 0. The van der Waals surface area contributed by atoms with Gasteiger partial charge in [-0.15, -0.1) is 10.2 Å². The van der Waals surface area contributed by atoms with Crippen LogP contribution in [0.1, 0.15) is 5.56 Å². The topological polar surface area (TPSA) is 61.0 Å². The predicted molar refractivity (Wildman–Crippen MR) is 55.1 cm³/mol. The average Bonchev–Trinajstić information content (AvgIpc) is 2.70. The monoisotopic (exact) mass is 207 g/mol. The van der Waals surface area contributed by atoms with E-state index in [1.165, 1.54) is 11.3 Å². The van der Waals surface area contributed by atoms with Crippen molar-refractivity contribution in [1.29, 1.82) is 0 Å². The Labute approximate surface area is 85.4 Å². The fourth-order valence-corrected chi connectivity index (χ4v) is 1.39. The van der Waals surface area contributed by atoms with Crippen LogP contribution in [-0.4, -0.2) is 10.2 Å². The first kappa shape index (κ1) is 8.96. The molecule has 0 saturated heterocycles. The van der Waals surface area contributed by atoms with Gasteiger partial charge in [-0.25, -0.2) is 0 Å². The molecule has 0 bridgehead atoms. The molecule has 0 saturated carbocycles. The van der Waals surface area contributed by atoms with Gasteiger partial charge >= 0.3 is 0 Å². The van der Waals surface area contributed by atoms with Crippen LogP contribution in [0, 0.1) is 0 Å². The van der Waals surface area contributed by atoms with Gasteiger partial charge in [-0.2, -0.15) is 0 Å². The Bertz CT molecular complexity index is 385. The van der Waals surface area contributed by atoms with E-state index in [0.29, 0.717) is 11.8 Å². The highest BCUT2D eigenvalue weighted by Crippen LogP contribution is 2.14. The van der Waals surface area contributed by atoms with Crippen LogP contribution in [-0.2, 0) is 6.61 Å². The lowest BCUT2D eigenvalue weighted by atomic mass is 10.2. The molecule has 0 fully saturated rings. The van der Waals surface area contributed by atoms with E-state index in [2.05, 4.69) is 10.2 Å². The maximum absolute atomic E-state index is 5.56. The minimum Gasteiger partial charge on any atom is -0.464 e. The molecule has 0 atom stereocenters. The molecule has 0 spiro atoms. The molecule has 0 aliphatic heterocycles. The third-order valence-electron chi connectivity index (χ3n) is 1.68. The van der Waals surface area contributed by atoms with Crippen molar-refractivity contribution in [3.63, 3.8) is 0 Å². The molecule has 14 heavy (non-hydrogen) atoms. The van der Waals surface area contributed by atoms with Crippen molar-refractivity contribution in [3.8, 4) is 5.19 Å². The third kappa shape index (κ3) is 2.20. The van der Waals surface area contributed by atoms with Crippen molar-refractivity contribution >= 4 is 17.0 Å². The van der Waals surface area contributed by atoms with Gasteiger partial charge < -0.3 is 10.5 Å². The van der Waals surface area contributed by atoms with Crippen LogP contribution in [0.25, 0.3) is 0 Å². The highest BCUT2D eigenvalue weighted by Gasteiger charge is 1.97. The number of rotatable bonds is 3. The summed E-state index contributed by atoms with van der Waals surface area (Å²) in [6.45, 7) is 0.496. The molecule has 0 amide bonds. The lowest BCUT2D eigenvalue weighted by molar-refractivity contribution is 0.302.